The van der Waals surface area contributed by atoms with Crippen LogP contribution < -0.4 is 10.9 Å². The van der Waals surface area contributed by atoms with Crippen molar-refractivity contribution in [3.63, 3.8) is 0 Å². The number of nitrogens with zero attached hydrogens (tertiary/aromatic N) is 2. The van der Waals surface area contributed by atoms with E-state index in [9.17, 15) is 9.59 Å². The van der Waals surface area contributed by atoms with Crippen LogP contribution in [0.25, 0.3) is 15.9 Å². The summed E-state index contributed by atoms with van der Waals surface area (Å²) in [5.74, 6) is 0.147. The van der Waals surface area contributed by atoms with Gasteiger partial charge in [-0.1, -0.05) is 42.1 Å². The van der Waals surface area contributed by atoms with Gasteiger partial charge in [0, 0.05) is 0 Å². The summed E-state index contributed by atoms with van der Waals surface area (Å²) in [4.78, 5) is 30.8. The minimum absolute atomic E-state index is 0.0493. The van der Waals surface area contributed by atoms with E-state index >= 15 is 0 Å². The first-order valence-corrected chi connectivity index (χ1v) is 12.4. The third kappa shape index (κ3) is 3.98. The van der Waals surface area contributed by atoms with Crippen molar-refractivity contribution in [2.24, 2.45) is 0 Å². The largest absolute Gasteiger partial charge is 0.349 e. The fourth-order valence-electron chi connectivity index (χ4n) is 4.37. The van der Waals surface area contributed by atoms with E-state index in [4.69, 9.17) is 4.98 Å². The lowest BCUT2D eigenvalue weighted by Crippen LogP contribution is -2.29. The molecule has 32 heavy (non-hydrogen) atoms. The van der Waals surface area contributed by atoms with Crippen LogP contribution in [0.2, 0.25) is 0 Å². The first-order chi connectivity index (χ1) is 15.5. The van der Waals surface area contributed by atoms with Gasteiger partial charge in [0.2, 0.25) is 5.91 Å². The fourth-order valence-corrected chi connectivity index (χ4v) is 5.95. The number of benzene rings is 2. The zero-order valence-electron chi connectivity index (χ0n) is 17.9. The van der Waals surface area contributed by atoms with Crippen molar-refractivity contribution in [2.75, 3.05) is 5.75 Å². The standard InChI is InChI=1S/C25H23N3O2S2/c1-15-11-16(2)13-18(12-15)28-24(30)23-21(9-10-31-23)27-25(28)32-14-22(29)26-20-8-7-17-5-3-4-6-19(17)20/h3-6,9-13,20H,7-8,14H2,1-2H3,(H,26,29)/t20-/m0/s1. The van der Waals surface area contributed by atoms with E-state index in [0.29, 0.717) is 15.4 Å². The number of aryl methyl sites for hydroxylation is 3. The van der Waals surface area contributed by atoms with Crippen molar-refractivity contribution < 1.29 is 4.79 Å². The normalized spacial score (nSPS) is 15.1. The summed E-state index contributed by atoms with van der Waals surface area (Å²) >= 11 is 2.70. The maximum atomic E-state index is 13.3. The summed E-state index contributed by atoms with van der Waals surface area (Å²) < 4.78 is 2.27. The molecule has 0 bridgehead atoms. The average Bonchev–Trinajstić information content (AvgIpc) is 3.39. The zero-order chi connectivity index (χ0) is 22.2. The third-order valence-electron chi connectivity index (χ3n) is 5.71. The van der Waals surface area contributed by atoms with Gasteiger partial charge < -0.3 is 5.32 Å². The van der Waals surface area contributed by atoms with Gasteiger partial charge in [-0.05, 0) is 72.5 Å². The lowest BCUT2D eigenvalue weighted by Gasteiger charge is -2.15. The third-order valence-corrected chi connectivity index (χ3v) is 7.54. The molecule has 1 amide bonds. The Kier molecular flexibility index (Phi) is 5.61. The van der Waals surface area contributed by atoms with Crippen LogP contribution in [0.1, 0.15) is 34.7 Å². The summed E-state index contributed by atoms with van der Waals surface area (Å²) in [5.41, 5.74) is 6.02. The predicted molar refractivity (Wildman–Crippen MR) is 131 cm³/mol. The zero-order valence-corrected chi connectivity index (χ0v) is 19.6. The van der Waals surface area contributed by atoms with E-state index in [0.717, 1.165) is 29.7 Å². The van der Waals surface area contributed by atoms with Crippen LogP contribution in [0.5, 0.6) is 0 Å². The Morgan fingerprint density at radius 2 is 1.97 bits per heavy atom. The van der Waals surface area contributed by atoms with Crippen molar-refractivity contribution in [3.8, 4) is 5.69 Å². The van der Waals surface area contributed by atoms with Crippen LogP contribution in [0.4, 0.5) is 0 Å². The molecule has 5 rings (SSSR count). The van der Waals surface area contributed by atoms with Gasteiger partial charge >= 0.3 is 0 Å². The number of thioether (sulfide) groups is 1. The SMILES string of the molecule is Cc1cc(C)cc(-n2c(SCC(=O)N[C@H]3CCc4ccccc43)nc3ccsc3c2=O)c1. The Labute approximate surface area is 194 Å². The molecule has 2 aromatic heterocycles. The van der Waals surface area contributed by atoms with Crippen LogP contribution in [0.3, 0.4) is 0 Å². The highest BCUT2D eigenvalue weighted by Gasteiger charge is 2.24. The summed E-state index contributed by atoms with van der Waals surface area (Å²) in [5, 5.41) is 5.57. The molecular weight excluding hydrogens is 438 g/mol. The van der Waals surface area contributed by atoms with Crippen LogP contribution in [0.15, 0.2) is 63.9 Å². The molecule has 1 atom stereocenters. The Hall–Kier alpha value is -2.90. The van der Waals surface area contributed by atoms with Gasteiger partial charge in [-0.3, -0.25) is 14.2 Å². The second kappa shape index (κ2) is 8.56. The minimum atomic E-state index is -0.0948. The molecule has 1 aliphatic carbocycles. The Bertz CT molecular complexity index is 1370. The van der Waals surface area contributed by atoms with E-state index in [1.54, 1.807) is 4.57 Å². The second-order valence-corrected chi connectivity index (χ2v) is 10.0. The molecular formula is C25H23N3O2S2. The Morgan fingerprint density at radius 1 is 1.19 bits per heavy atom. The number of carbonyl (C=O) groups is 1. The molecule has 0 saturated carbocycles. The summed E-state index contributed by atoms with van der Waals surface area (Å²) in [6, 6.07) is 16.2. The quantitative estimate of drug-likeness (QED) is 0.337. The fraction of sp³-hybridized carbons (Fsp3) is 0.240. The molecule has 0 fully saturated rings. The second-order valence-electron chi connectivity index (χ2n) is 8.16. The highest BCUT2D eigenvalue weighted by molar-refractivity contribution is 7.99. The highest BCUT2D eigenvalue weighted by atomic mass is 32.2. The molecule has 0 radical (unpaired) electrons. The molecule has 1 aliphatic rings. The summed E-state index contributed by atoms with van der Waals surface area (Å²) in [6.45, 7) is 4.02. The number of thiophene rings is 1. The predicted octanol–water partition coefficient (Wildman–Crippen LogP) is 4.96. The van der Waals surface area contributed by atoms with Crippen LogP contribution >= 0.6 is 23.1 Å². The molecule has 2 heterocycles. The van der Waals surface area contributed by atoms with Crippen molar-refractivity contribution in [1.82, 2.24) is 14.9 Å². The number of hydrogen-bond acceptors (Lipinski definition) is 5. The molecule has 1 N–H and O–H groups in total. The molecule has 0 aliphatic heterocycles. The van der Waals surface area contributed by atoms with Crippen LogP contribution in [-0.4, -0.2) is 21.2 Å². The molecule has 162 valence electrons. The molecule has 4 aromatic rings. The van der Waals surface area contributed by atoms with E-state index < -0.39 is 0 Å². The van der Waals surface area contributed by atoms with Gasteiger partial charge in [-0.2, -0.15) is 0 Å². The molecule has 5 nitrogen and oxygen atoms in total. The van der Waals surface area contributed by atoms with Gasteiger partial charge in [0.05, 0.1) is 23.0 Å². The maximum absolute atomic E-state index is 13.3. The Balaban J connectivity index is 1.43. The minimum Gasteiger partial charge on any atom is -0.349 e. The first-order valence-electron chi connectivity index (χ1n) is 10.6. The van der Waals surface area contributed by atoms with Crippen LogP contribution in [-0.2, 0) is 11.2 Å². The van der Waals surface area contributed by atoms with Crippen molar-refractivity contribution in [2.45, 2.75) is 37.9 Å². The number of amides is 1. The number of aromatic nitrogens is 2. The number of carbonyl (C=O) groups excluding carboxylic acids is 1. The molecule has 0 unspecified atom stereocenters. The lowest BCUT2D eigenvalue weighted by molar-refractivity contribution is -0.119. The summed E-state index contributed by atoms with van der Waals surface area (Å²) in [6.07, 6.45) is 1.90. The number of nitrogens with one attached hydrogen (secondary N) is 1. The monoisotopic (exact) mass is 461 g/mol. The van der Waals surface area contributed by atoms with Crippen LogP contribution in [0, 0.1) is 13.8 Å². The number of hydrogen-bond donors (Lipinski definition) is 1. The van der Waals surface area contributed by atoms with E-state index in [-0.39, 0.29) is 23.3 Å². The van der Waals surface area contributed by atoms with E-state index in [1.165, 1.54) is 34.2 Å². The van der Waals surface area contributed by atoms with E-state index in [2.05, 4.69) is 23.5 Å². The van der Waals surface area contributed by atoms with Crippen molar-refractivity contribution in [3.05, 3.63) is 86.5 Å². The summed E-state index contributed by atoms with van der Waals surface area (Å²) in [7, 11) is 0. The van der Waals surface area contributed by atoms with Gasteiger partial charge in [0.15, 0.2) is 5.16 Å². The van der Waals surface area contributed by atoms with Gasteiger partial charge in [0.1, 0.15) is 4.70 Å². The lowest BCUT2D eigenvalue weighted by atomic mass is 10.1. The van der Waals surface area contributed by atoms with Gasteiger partial charge in [0.25, 0.3) is 5.56 Å². The Morgan fingerprint density at radius 3 is 2.78 bits per heavy atom. The highest BCUT2D eigenvalue weighted by Crippen LogP contribution is 2.31. The number of fused-ring (bicyclic) bond motifs is 2. The maximum Gasteiger partial charge on any atom is 0.276 e. The molecule has 2 aromatic carbocycles. The first kappa shape index (κ1) is 21.0. The van der Waals surface area contributed by atoms with Gasteiger partial charge in [-0.25, -0.2) is 4.98 Å². The molecule has 0 spiro atoms. The van der Waals surface area contributed by atoms with Gasteiger partial charge in [-0.15, -0.1) is 11.3 Å². The van der Waals surface area contributed by atoms with Crippen molar-refractivity contribution >= 4 is 39.2 Å². The molecule has 0 saturated heterocycles. The van der Waals surface area contributed by atoms with E-state index in [1.807, 2.05) is 49.6 Å². The average molecular weight is 462 g/mol. The van der Waals surface area contributed by atoms with Crippen molar-refractivity contribution in [1.29, 1.82) is 0 Å². The smallest absolute Gasteiger partial charge is 0.276 e. The molecule has 7 heteroatoms. The number of rotatable bonds is 5. The topological polar surface area (TPSA) is 64.0 Å².